The van der Waals surface area contributed by atoms with Gasteiger partial charge in [-0.05, 0) is 31.0 Å². The zero-order chi connectivity index (χ0) is 18.9. The zero-order valence-electron chi connectivity index (χ0n) is 14.5. The quantitative estimate of drug-likeness (QED) is 0.727. The van der Waals surface area contributed by atoms with E-state index in [4.69, 9.17) is 5.73 Å². The van der Waals surface area contributed by atoms with Gasteiger partial charge in [0.25, 0.3) is 5.91 Å². The van der Waals surface area contributed by atoms with Crippen molar-refractivity contribution in [3.8, 4) is 22.5 Å². The predicted molar refractivity (Wildman–Crippen MR) is 99.1 cm³/mol. The van der Waals surface area contributed by atoms with E-state index in [0.717, 1.165) is 24.6 Å². The first kappa shape index (κ1) is 17.2. The summed E-state index contributed by atoms with van der Waals surface area (Å²) in [6.45, 7) is 0.489. The van der Waals surface area contributed by atoms with Gasteiger partial charge in [-0.3, -0.25) is 14.8 Å². The van der Waals surface area contributed by atoms with Crippen molar-refractivity contribution in [2.24, 2.45) is 5.73 Å². The predicted octanol–water partition coefficient (Wildman–Crippen LogP) is 2.57. The Hall–Kier alpha value is -3.19. The van der Waals surface area contributed by atoms with Gasteiger partial charge in [-0.15, -0.1) is 0 Å². The van der Waals surface area contributed by atoms with Crippen LogP contribution in [0.2, 0.25) is 0 Å². The third kappa shape index (κ3) is 3.98. The van der Waals surface area contributed by atoms with E-state index in [-0.39, 0.29) is 11.4 Å². The summed E-state index contributed by atoms with van der Waals surface area (Å²) in [6, 6.07) is 8.44. The highest BCUT2D eigenvalue weighted by molar-refractivity contribution is 5.94. The number of nitrogens with one attached hydrogen (secondary N) is 1. The minimum absolute atomic E-state index is 0.149. The third-order valence-corrected chi connectivity index (χ3v) is 4.57. The Bertz CT molecular complexity index is 986. The van der Waals surface area contributed by atoms with Gasteiger partial charge in [0, 0.05) is 35.0 Å². The lowest BCUT2D eigenvalue weighted by molar-refractivity contribution is 0.0950. The Balaban J connectivity index is 1.52. The second-order valence-corrected chi connectivity index (χ2v) is 6.80. The van der Waals surface area contributed by atoms with Crippen molar-refractivity contribution < 1.29 is 9.18 Å². The van der Waals surface area contributed by atoms with Gasteiger partial charge in [0.2, 0.25) is 0 Å². The van der Waals surface area contributed by atoms with Crippen LogP contribution in [0.4, 0.5) is 4.39 Å². The Morgan fingerprint density at radius 2 is 1.70 bits per heavy atom. The van der Waals surface area contributed by atoms with E-state index < -0.39 is 5.82 Å². The minimum Gasteiger partial charge on any atom is -0.350 e. The Morgan fingerprint density at radius 3 is 2.37 bits per heavy atom. The molecular weight excluding hydrogens is 345 g/mol. The highest BCUT2D eigenvalue weighted by Crippen LogP contribution is 2.31. The van der Waals surface area contributed by atoms with Gasteiger partial charge in [-0.2, -0.15) is 0 Å². The van der Waals surface area contributed by atoms with Gasteiger partial charge in [-0.1, -0.05) is 12.1 Å². The highest BCUT2D eigenvalue weighted by atomic mass is 19.1. The molecule has 1 fully saturated rings. The molecular formula is C20H18FN5O. The van der Waals surface area contributed by atoms with E-state index in [9.17, 15) is 9.18 Å². The molecule has 4 rings (SSSR count). The van der Waals surface area contributed by atoms with E-state index in [1.165, 1.54) is 12.3 Å². The first-order valence-corrected chi connectivity index (χ1v) is 8.63. The van der Waals surface area contributed by atoms with Gasteiger partial charge >= 0.3 is 0 Å². The van der Waals surface area contributed by atoms with E-state index in [0.29, 0.717) is 29.1 Å². The number of carbonyl (C=O) groups is 1. The molecule has 136 valence electrons. The number of carbonyl (C=O) groups excluding carboxylic acids is 1. The molecule has 1 aromatic carbocycles. The summed E-state index contributed by atoms with van der Waals surface area (Å²) < 4.78 is 13.4. The molecule has 3 aromatic rings. The van der Waals surface area contributed by atoms with E-state index >= 15 is 0 Å². The lowest BCUT2D eigenvalue weighted by atomic mass is 10.1. The number of benzene rings is 1. The molecule has 0 radical (unpaired) electrons. The van der Waals surface area contributed by atoms with Crippen LogP contribution in [-0.2, 0) is 0 Å². The van der Waals surface area contributed by atoms with Crippen LogP contribution in [0.25, 0.3) is 22.5 Å². The molecule has 3 N–H and O–H groups in total. The number of amides is 1. The molecule has 1 amide bonds. The van der Waals surface area contributed by atoms with Crippen LogP contribution < -0.4 is 11.1 Å². The van der Waals surface area contributed by atoms with Crippen LogP contribution in [0, 0.1) is 5.82 Å². The summed E-state index contributed by atoms with van der Waals surface area (Å²) in [5.74, 6) is -0.579. The molecule has 0 bridgehead atoms. The average Bonchev–Trinajstić information content (AvgIpc) is 3.44. The molecule has 6 nitrogen and oxygen atoms in total. The van der Waals surface area contributed by atoms with Gasteiger partial charge < -0.3 is 11.1 Å². The van der Waals surface area contributed by atoms with Crippen LogP contribution in [0.5, 0.6) is 0 Å². The molecule has 27 heavy (non-hydrogen) atoms. The van der Waals surface area contributed by atoms with Crippen molar-refractivity contribution in [2.75, 3.05) is 6.54 Å². The molecule has 1 aliphatic rings. The van der Waals surface area contributed by atoms with Gasteiger partial charge in [0.15, 0.2) is 0 Å². The van der Waals surface area contributed by atoms with Gasteiger partial charge in [0.05, 0.1) is 30.0 Å². The maximum atomic E-state index is 13.4. The van der Waals surface area contributed by atoms with Gasteiger partial charge in [0.1, 0.15) is 5.82 Å². The maximum absolute atomic E-state index is 13.4. The summed E-state index contributed by atoms with van der Waals surface area (Å²) in [5, 5.41) is 2.86. The number of hydrogen-bond donors (Lipinski definition) is 2. The van der Waals surface area contributed by atoms with E-state index in [1.54, 1.807) is 24.5 Å². The molecule has 0 saturated heterocycles. The number of nitrogens with two attached hydrogens (primary N) is 1. The number of aromatic nitrogens is 3. The van der Waals surface area contributed by atoms with Crippen molar-refractivity contribution in [3.05, 3.63) is 66.5 Å². The first-order valence-electron chi connectivity index (χ1n) is 8.63. The Labute approximate surface area is 155 Å². The van der Waals surface area contributed by atoms with Crippen molar-refractivity contribution in [1.29, 1.82) is 0 Å². The summed E-state index contributed by atoms with van der Waals surface area (Å²) in [7, 11) is 0. The average molecular weight is 363 g/mol. The fourth-order valence-corrected chi connectivity index (χ4v) is 2.68. The van der Waals surface area contributed by atoms with Crippen LogP contribution in [-0.4, -0.2) is 32.9 Å². The minimum atomic E-state index is -0.430. The molecule has 0 atom stereocenters. The van der Waals surface area contributed by atoms with E-state index in [1.807, 2.05) is 12.1 Å². The van der Waals surface area contributed by atoms with Crippen molar-refractivity contribution in [3.63, 3.8) is 0 Å². The second kappa shape index (κ2) is 6.85. The maximum Gasteiger partial charge on any atom is 0.251 e. The summed E-state index contributed by atoms with van der Waals surface area (Å²) in [6.07, 6.45) is 7.75. The normalized spacial score (nSPS) is 14.6. The Kier molecular flexibility index (Phi) is 4.37. The zero-order valence-corrected chi connectivity index (χ0v) is 14.5. The second-order valence-electron chi connectivity index (χ2n) is 6.80. The largest absolute Gasteiger partial charge is 0.350 e. The van der Waals surface area contributed by atoms with Crippen molar-refractivity contribution >= 4 is 5.91 Å². The number of rotatable bonds is 5. The van der Waals surface area contributed by atoms with Gasteiger partial charge in [-0.25, -0.2) is 9.37 Å². The van der Waals surface area contributed by atoms with Crippen LogP contribution in [0.1, 0.15) is 23.2 Å². The van der Waals surface area contributed by atoms with Crippen LogP contribution >= 0.6 is 0 Å². The van der Waals surface area contributed by atoms with Crippen LogP contribution in [0.15, 0.2) is 55.1 Å². The third-order valence-electron chi connectivity index (χ3n) is 4.57. The SMILES string of the molecule is NC1(CNC(=O)c2ccc(-c3cncc(-c4cncc(F)c4)n3)cc2)CC1. The number of hydrogen-bond acceptors (Lipinski definition) is 5. The summed E-state index contributed by atoms with van der Waals surface area (Å²) in [5.41, 5.74) is 8.83. The van der Waals surface area contributed by atoms with Crippen molar-refractivity contribution in [1.82, 2.24) is 20.3 Å². The smallest absolute Gasteiger partial charge is 0.251 e. The standard InChI is InChI=1S/C20H18FN5O/c21-16-7-15(8-23-9-16)18-11-24-10-17(26-18)13-1-3-14(4-2-13)19(27)25-12-20(22)5-6-20/h1-4,7-11H,5-6,12,22H2,(H,25,27). The highest BCUT2D eigenvalue weighted by Gasteiger charge is 2.38. The fraction of sp³-hybridized carbons (Fsp3) is 0.200. The molecule has 7 heteroatoms. The van der Waals surface area contributed by atoms with E-state index in [2.05, 4.69) is 20.3 Å². The molecule has 0 unspecified atom stereocenters. The fourth-order valence-electron chi connectivity index (χ4n) is 2.68. The van der Waals surface area contributed by atoms with Crippen LogP contribution in [0.3, 0.4) is 0 Å². The molecule has 1 saturated carbocycles. The first-order chi connectivity index (χ1) is 13.0. The number of pyridine rings is 1. The van der Waals surface area contributed by atoms with Crippen molar-refractivity contribution in [2.45, 2.75) is 18.4 Å². The molecule has 2 aromatic heterocycles. The molecule has 0 spiro atoms. The molecule has 2 heterocycles. The Morgan fingerprint density at radius 1 is 1.04 bits per heavy atom. The number of halogens is 1. The molecule has 1 aliphatic carbocycles. The topological polar surface area (TPSA) is 93.8 Å². The lowest BCUT2D eigenvalue weighted by Crippen LogP contribution is -2.38. The summed E-state index contributed by atoms with van der Waals surface area (Å²) >= 11 is 0. The monoisotopic (exact) mass is 363 g/mol. The number of nitrogens with zero attached hydrogens (tertiary/aromatic N) is 3. The lowest BCUT2D eigenvalue weighted by Gasteiger charge is -2.10. The summed E-state index contributed by atoms with van der Waals surface area (Å²) in [4.78, 5) is 24.7. The molecule has 0 aliphatic heterocycles.